The van der Waals surface area contributed by atoms with E-state index in [0.29, 0.717) is 76.1 Å². The quantitative estimate of drug-likeness (QED) is 0.0357. The number of hydrogen-bond donors (Lipinski definition) is 6. The number of amides is 8. The summed E-state index contributed by atoms with van der Waals surface area (Å²) >= 11 is 0. The van der Waals surface area contributed by atoms with E-state index in [4.69, 9.17) is 0 Å². The fraction of sp³-hybridized carbons (Fsp3) is 0.543. The van der Waals surface area contributed by atoms with E-state index in [1.807, 2.05) is 94.7 Å². The third-order valence-corrected chi connectivity index (χ3v) is 18.9. The van der Waals surface area contributed by atoms with Crippen molar-refractivity contribution in [3.8, 4) is 11.1 Å². The third-order valence-electron chi connectivity index (χ3n) is 18.9. The molecule has 2 aliphatic carbocycles. The van der Waals surface area contributed by atoms with Crippen LogP contribution < -0.4 is 31.9 Å². The molecule has 0 radical (unpaired) electrons. The molecule has 4 fully saturated rings. The highest BCUT2D eigenvalue weighted by atomic mass is 16.2. The highest BCUT2D eigenvalue weighted by molar-refractivity contribution is 5.99. The van der Waals surface area contributed by atoms with Crippen molar-refractivity contribution in [2.24, 2.45) is 11.8 Å². The van der Waals surface area contributed by atoms with E-state index in [0.717, 1.165) is 99.3 Å². The molecule has 0 spiro atoms. The number of benzene rings is 4. The number of rotatable bonds is 27. The smallest absolute Gasteiger partial charge is 0.251 e. The zero-order valence-electron chi connectivity index (χ0n) is 52.8. The van der Waals surface area contributed by atoms with Crippen molar-refractivity contribution in [2.45, 2.75) is 179 Å². The lowest BCUT2D eigenvalue weighted by atomic mass is 9.83. The zero-order valence-corrected chi connectivity index (χ0v) is 52.8. The Kier molecular flexibility index (Phi) is 24.7. The first-order valence-electron chi connectivity index (χ1n) is 32.6. The molecule has 4 aliphatic rings. The van der Waals surface area contributed by atoms with Gasteiger partial charge in [0, 0.05) is 62.5 Å². The minimum Gasteiger partial charge on any atom is -0.343 e. The lowest BCUT2D eigenvalue weighted by molar-refractivity contribution is -0.141. The van der Waals surface area contributed by atoms with Crippen LogP contribution in [0.15, 0.2) is 109 Å². The molecule has 2 aliphatic heterocycles. The fourth-order valence-corrected chi connectivity index (χ4v) is 13.3. The largest absolute Gasteiger partial charge is 0.343 e. The molecule has 2 saturated heterocycles. The van der Waals surface area contributed by atoms with Crippen LogP contribution in [0.3, 0.4) is 0 Å². The number of likely N-dealkylation sites (N-methyl/N-ethyl adjacent to an activating group) is 2. The maximum absolute atomic E-state index is 14.6. The first kappa shape index (κ1) is 66.5. The predicted octanol–water partition coefficient (Wildman–Crippen LogP) is 7.06. The molecule has 88 heavy (non-hydrogen) atoms. The van der Waals surface area contributed by atoms with Crippen LogP contribution in [0.2, 0.25) is 0 Å². The van der Waals surface area contributed by atoms with Gasteiger partial charge in [0.2, 0.25) is 35.4 Å². The van der Waals surface area contributed by atoms with Crippen LogP contribution in [0.4, 0.5) is 0 Å². The van der Waals surface area contributed by atoms with Crippen LogP contribution in [-0.2, 0) is 41.6 Å². The van der Waals surface area contributed by atoms with Gasteiger partial charge in [-0.3, -0.25) is 38.4 Å². The van der Waals surface area contributed by atoms with Gasteiger partial charge in [-0.15, -0.1) is 0 Å². The van der Waals surface area contributed by atoms with Gasteiger partial charge in [0.1, 0.15) is 24.2 Å². The van der Waals surface area contributed by atoms with E-state index in [2.05, 4.69) is 31.9 Å². The van der Waals surface area contributed by atoms with Crippen LogP contribution in [0.5, 0.6) is 0 Å². The van der Waals surface area contributed by atoms with Crippen LogP contribution in [0.25, 0.3) is 11.1 Å². The van der Waals surface area contributed by atoms with Gasteiger partial charge in [0.15, 0.2) is 0 Å². The van der Waals surface area contributed by atoms with Crippen molar-refractivity contribution in [1.82, 2.24) is 51.5 Å². The van der Waals surface area contributed by atoms with Crippen LogP contribution in [0, 0.1) is 11.8 Å². The lowest BCUT2D eigenvalue weighted by Gasteiger charge is -2.37. The molecular weight excluding hydrogens is 1110 g/mol. The Labute approximate surface area is 521 Å². The minimum atomic E-state index is -0.883. The topological polar surface area (TPSA) is 222 Å². The van der Waals surface area contributed by atoms with E-state index in [1.165, 1.54) is 0 Å². The Balaban J connectivity index is 0.887. The molecule has 0 unspecified atom stereocenters. The molecule has 8 amide bonds. The van der Waals surface area contributed by atoms with E-state index < -0.39 is 48.1 Å². The molecule has 0 aromatic heterocycles. The van der Waals surface area contributed by atoms with Crippen molar-refractivity contribution in [2.75, 3.05) is 53.4 Å². The van der Waals surface area contributed by atoms with Crippen LogP contribution in [-0.4, -0.2) is 169 Å². The summed E-state index contributed by atoms with van der Waals surface area (Å²) in [6.07, 6.45) is 14.0. The SMILES string of the molecule is CN[C@@H](C)C(=O)N[C@H](C(=O)N1CCC[C@H]1CN(CCc1ccccc1)C(=O)[C@@H](C)NC(=O)c1ccc(-c2ccc(C(=O)N[C@H](C)C(=O)N(CCc3ccccc3)C[C@@H]3CCCN3C(=O)[C@@H](NC(=O)[C@H](C)NC)C3CCCCC3)cc2)cc1)C1CCCCC1. The molecule has 18 nitrogen and oxygen atoms in total. The summed E-state index contributed by atoms with van der Waals surface area (Å²) in [5.41, 5.74) is 4.45. The van der Waals surface area contributed by atoms with Crippen molar-refractivity contribution in [3.05, 3.63) is 131 Å². The van der Waals surface area contributed by atoms with E-state index >= 15 is 0 Å². The van der Waals surface area contributed by atoms with Gasteiger partial charge in [0.25, 0.3) is 11.8 Å². The average molecular weight is 1210 g/mol. The highest BCUT2D eigenvalue weighted by Crippen LogP contribution is 2.32. The van der Waals surface area contributed by atoms with Crippen LogP contribution in [0.1, 0.15) is 149 Å². The minimum absolute atomic E-state index is 0.0431. The zero-order chi connectivity index (χ0) is 62.7. The summed E-state index contributed by atoms with van der Waals surface area (Å²) in [5.74, 6) is -1.85. The molecule has 4 aromatic carbocycles. The van der Waals surface area contributed by atoms with Gasteiger partial charge in [-0.05, 0) is 164 Å². The summed E-state index contributed by atoms with van der Waals surface area (Å²) in [6, 6.07) is 29.5. The summed E-state index contributed by atoms with van der Waals surface area (Å²) in [4.78, 5) is 120. The number of carbonyl (C=O) groups excluding carboxylic acids is 8. The molecule has 8 rings (SSSR count). The highest BCUT2D eigenvalue weighted by Gasteiger charge is 2.42. The first-order valence-corrected chi connectivity index (χ1v) is 32.6. The fourth-order valence-electron chi connectivity index (χ4n) is 13.3. The molecule has 474 valence electrons. The normalized spacial score (nSPS) is 19.3. The van der Waals surface area contributed by atoms with Gasteiger partial charge >= 0.3 is 0 Å². The van der Waals surface area contributed by atoms with E-state index in [9.17, 15) is 38.4 Å². The number of likely N-dealkylation sites (tertiary alicyclic amines) is 2. The number of nitrogens with one attached hydrogen (secondary N) is 6. The van der Waals surface area contributed by atoms with E-state index in [1.54, 1.807) is 75.9 Å². The Morgan fingerprint density at radius 3 is 1.12 bits per heavy atom. The maximum Gasteiger partial charge on any atom is 0.251 e. The number of hydrogen-bond acceptors (Lipinski definition) is 10. The van der Waals surface area contributed by atoms with Crippen molar-refractivity contribution in [3.63, 3.8) is 0 Å². The number of nitrogens with zero attached hydrogens (tertiary/aromatic N) is 4. The summed E-state index contributed by atoms with van der Waals surface area (Å²) in [6.45, 7) is 9.39. The molecular formula is C70H96N10O8. The second-order valence-corrected chi connectivity index (χ2v) is 25.0. The molecule has 6 N–H and O–H groups in total. The summed E-state index contributed by atoms with van der Waals surface area (Å²) < 4.78 is 0. The monoisotopic (exact) mass is 1200 g/mol. The maximum atomic E-state index is 14.6. The van der Waals surface area contributed by atoms with Gasteiger partial charge in [-0.2, -0.15) is 0 Å². The molecule has 2 heterocycles. The summed E-state index contributed by atoms with van der Waals surface area (Å²) in [7, 11) is 3.45. The van der Waals surface area contributed by atoms with Crippen molar-refractivity contribution >= 4 is 47.3 Å². The number of carbonyl (C=O) groups is 8. The second kappa shape index (κ2) is 32.7. The third kappa shape index (κ3) is 17.9. The molecule has 2 saturated carbocycles. The standard InChI is InChI=1S/C70H96N10O8/c1-47(71-5)63(81)75-61(55-25-15-9-16-26-55)69(87)79-41-19-29-59(79)45-77(43-39-51-21-11-7-12-22-51)67(85)49(3)73-65(83)57-35-31-53(32-36-57)54-33-37-58(38-34-54)66(84)74-50(4)68(86)78(44-40-52-23-13-8-14-24-52)46-60-30-20-42-80(60)70(88)62(56-27-17-10-18-28-56)76-64(82)48(2)72-6/h7-8,11-14,21-24,31-38,47-50,55-56,59-62,71-72H,9-10,15-20,25-30,39-46H2,1-6H3,(H,73,83)(H,74,84)(H,75,81)(H,76,82)/t47-,48-,49+,50+,59-,60-,61-,62-/m0/s1. The predicted molar refractivity (Wildman–Crippen MR) is 343 cm³/mol. The molecule has 18 heteroatoms. The van der Waals surface area contributed by atoms with Gasteiger partial charge < -0.3 is 51.5 Å². The molecule has 8 atom stereocenters. The Hall–Kier alpha value is -7.44. The molecule has 4 aromatic rings. The second-order valence-electron chi connectivity index (χ2n) is 25.0. The van der Waals surface area contributed by atoms with Crippen LogP contribution >= 0.6 is 0 Å². The van der Waals surface area contributed by atoms with Crippen molar-refractivity contribution < 1.29 is 38.4 Å². The van der Waals surface area contributed by atoms with E-state index in [-0.39, 0.29) is 59.4 Å². The summed E-state index contributed by atoms with van der Waals surface area (Å²) in [5, 5.41) is 18.1. The average Bonchev–Trinajstić information content (AvgIpc) is 4.06. The lowest BCUT2D eigenvalue weighted by Crippen LogP contribution is -2.58. The molecule has 0 bridgehead atoms. The van der Waals surface area contributed by atoms with Gasteiger partial charge in [-0.1, -0.05) is 123 Å². The van der Waals surface area contributed by atoms with Crippen molar-refractivity contribution in [1.29, 1.82) is 0 Å². The Bertz CT molecular complexity index is 2750. The Morgan fingerprint density at radius 2 is 0.784 bits per heavy atom. The van der Waals surface area contributed by atoms with Gasteiger partial charge in [-0.25, -0.2) is 0 Å². The Morgan fingerprint density at radius 1 is 0.432 bits per heavy atom. The first-order chi connectivity index (χ1) is 42.5. The van der Waals surface area contributed by atoms with Gasteiger partial charge in [0.05, 0.1) is 12.1 Å².